The first-order chi connectivity index (χ1) is 5.85. The van der Waals surface area contributed by atoms with Gasteiger partial charge in [-0.05, 0) is 25.1 Å². The molecule has 0 aliphatic rings. The Morgan fingerprint density at radius 2 is 2.08 bits per heavy atom. The van der Waals surface area contributed by atoms with E-state index in [1.165, 1.54) is 12.1 Å². The van der Waals surface area contributed by atoms with Crippen LogP contribution in [0.15, 0.2) is 0 Å². The van der Waals surface area contributed by atoms with E-state index in [2.05, 4.69) is 6.92 Å². The highest BCUT2D eigenvalue weighted by Gasteiger charge is 2.07. The number of hydrogen-bond acceptors (Lipinski definition) is 3. The summed E-state index contributed by atoms with van der Waals surface area (Å²) in [5.74, 6) is 0. The number of rotatable bonds is 8. The van der Waals surface area contributed by atoms with Gasteiger partial charge in [0.1, 0.15) is 0 Å². The van der Waals surface area contributed by atoms with Crippen LogP contribution in [0, 0.1) is 0 Å². The summed E-state index contributed by atoms with van der Waals surface area (Å²) in [5, 5.41) is 0. The van der Waals surface area contributed by atoms with Gasteiger partial charge in [-0.25, -0.2) is 0 Å². The molecule has 2 N–H and O–H groups in total. The lowest BCUT2D eigenvalue weighted by atomic mass is 10.5. The Bertz CT molecular complexity index is 93.1. The second kappa shape index (κ2) is 9.19. The van der Waals surface area contributed by atoms with Crippen molar-refractivity contribution in [2.75, 3.05) is 26.9 Å². The molecule has 0 aromatic rings. The largest absolute Gasteiger partial charge is 0.418 e. The van der Waals surface area contributed by atoms with E-state index in [9.17, 15) is 0 Å². The van der Waals surface area contributed by atoms with Gasteiger partial charge in [0, 0.05) is 7.11 Å². The molecule has 0 heterocycles. The quantitative estimate of drug-likeness (QED) is 0.455. The van der Waals surface area contributed by atoms with Crippen LogP contribution in [0.1, 0.15) is 13.3 Å². The van der Waals surface area contributed by atoms with Gasteiger partial charge in [-0.2, -0.15) is 0 Å². The van der Waals surface area contributed by atoms with Crippen molar-refractivity contribution in [3.05, 3.63) is 0 Å². The molecule has 0 spiro atoms. The van der Waals surface area contributed by atoms with Gasteiger partial charge in [0.15, 0.2) is 9.04 Å². The minimum atomic E-state index is -0.922. The highest BCUT2D eigenvalue weighted by Crippen LogP contribution is 2.03. The van der Waals surface area contributed by atoms with Crippen LogP contribution in [0.4, 0.5) is 0 Å². The van der Waals surface area contributed by atoms with E-state index in [1.807, 2.05) is 0 Å². The van der Waals surface area contributed by atoms with Crippen LogP contribution in [0.25, 0.3) is 0 Å². The molecule has 0 aromatic carbocycles. The fourth-order valence-corrected chi connectivity index (χ4v) is 2.98. The molecule has 12 heavy (non-hydrogen) atoms. The minimum absolute atomic E-state index is 0.714. The van der Waals surface area contributed by atoms with E-state index in [1.54, 1.807) is 7.11 Å². The molecule has 4 heteroatoms. The van der Waals surface area contributed by atoms with Crippen LogP contribution in [0.3, 0.4) is 0 Å². The highest BCUT2D eigenvalue weighted by molar-refractivity contribution is 6.51. The Hall–Kier alpha value is 0.0969. The third-order valence-corrected chi connectivity index (χ3v) is 4.50. The van der Waals surface area contributed by atoms with E-state index >= 15 is 0 Å². The molecule has 0 saturated heterocycles. The molecule has 0 aliphatic carbocycles. The van der Waals surface area contributed by atoms with E-state index < -0.39 is 9.04 Å². The third kappa shape index (κ3) is 6.79. The van der Waals surface area contributed by atoms with Crippen molar-refractivity contribution in [2.24, 2.45) is 5.73 Å². The Morgan fingerprint density at radius 3 is 2.58 bits per heavy atom. The lowest BCUT2D eigenvalue weighted by molar-refractivity contribution is 0.145. The predicted molar refractivity (Wildman–Crippen MR) is 53.9 cm³/mol. The Balaban J connectivity index is 3.26. The molecule has 0 saturated carbocycles. The van der Waals surface area contributed by atoms with Crippen LogP contribution in [0.5, 0.6) is 0 Å². The zero-order chi connectivity index (χ0) is 9.23. The summed E-state index contributed by atoms with van der Waals surface area (Å²) in [6.45, 7) is 4.45. The van der Waals surface area contributed by atoms with Crippen molar-refractivity contribution in [3.8, 4) is 0 Å². The van der Waals surface area contributed by atoms with Gasteiger partial charge in [-0.3, -0.25) is 0 Å². The van der Waals surface area contributed by atoms with Crippen molar-refractivity contribution in [1.82, 2.24) is 0 Å². The van der Waals surface area contributed by atoms with E-state index in [4.69, 9.17) is 14.9 Å². The molecule has 74 valence electrons. The lowest BCUT2D eigenvalue weighted by Crippen LogP contribution is -2.20. The lowest BCUT2D eigenvalue weighted by Gasteiger charge is -2.13. The Kier molecular flexibility index (Phi) is 9.26. The van der Waals surface area contributed by atoms with E-state index in [0.29, 0.717) is 6.61 Å². The van der Waals surface area contributed by atoms with E-state index in [0.717, 1.165) is 19.6 Å². The summed E-state index contributed by atoms with van der Waals surface area (Å²) in [5.41, 5.74) is 5.43. The fourth-order valence-electron chi connectivity index (χ4n) is 1.05. The van der Waals surface area contributed by atoms with Crippen molar-refractivity contribution in [3.63, 3.8) is 0 Å². The maximum Gasteiger partial charge on any atom is 0.176 e. The second-order valence-corrected chi connectivity index (χ2v) is 5.80. The second-order valence-electron chi connectivity index (χ2n) is 2.82. The number of nitrogens with two attached hydrogens (primary N) is 1. The first-order valence-electron chi connectivity index (χ1n) is 4.65. The summed E-state index contributed by atoms with van der Waals surface area (Å²) in [7, 11) is 0.778. The first-order valence-corrected chi connectivity index (χ1v) is 6.76. The standard InChI is InChI=1S/C8H21NO2Si/c1-3-12(8-4-5-9)11-7-6-10-2/h12H,3-9H2,1-2H3. The van der Waals surface area contributed by atoms with Crippen LogP contribution in [0.2, 0.25) is 12.1 Å². The normalized spacial score (nSPS) is 13.2. The van der Waals surface area contributed by atoms with Gasteiger partial charge in [0.05, 0.1) is 13.2 Å². The summed E-state index contributed by atoms with van der Waals surface area (Å²) < 4.78 is 10.6. The zero-order valence-corrected chi connectivity index (χ0v) is 9.37. The minimum Gasteiger partial charge on any atom is -0.418 e. The van der Waals surface area contributed by atoms with Gasteiger partial charge in [-0.15, -0.1) is 0 Å². The van der Waals surface area contributed by atoms with E-state index in [-0.39, 0.29) is 0 Å². The SMILES string of the molecule is CC[SiH](CCCN)OCCOC. The third-order valence-electron chi connectivity index (χ3n) is 1.83. The van der Waals surface area contributed by atoms with Gasteiger partial charge in [0.25, 0.3) is 0 Å². The first kappa shape index (κ1) is 12.1. The highest BCUT2D eigenvalue weighted by atomic mass is 28.3. The zero-order valence-electron chi connectivity index (χ0n) is 8.21. The maximum atomic E-state index is 5.69. The summed E-state index contributed by atoms with van der Waals surface area (Å²) >= 11 is 0. The van der Waals surface area contributed by atoms with Crippen LogP contribution in [-0.4, -0.2) is 35.9 Å². The summed E-state index contributed by atoms with van der Waals surface area (Å²) in [4.78, 5) is 0. The molecule has 3 nitrogen and oxygen atoms in total. The number of hydrogen-bond donors (Lipinski definition) is 1. The molecule has 0 fully saturated rings. The molecule has 1 atom stereocenters. The average Bonchev–Trinajstić information content (AvgIpc) is 2.11. The molecule has 0 aliphatic heterocycles. The Morgan fingerprint density at radius 1 is 1.33 bits per heavy atom. The van der Waals surface area contributed by atoms with Crippen molar-refractivity contribution >= 4 is 9.04 Å². The molecule has 0 radical (unpaired) electrons. The van der Waals surface area contributed by atoms with Gasteiger partial charge < -0.3 is 14.9 Å². The fraction of sp³-hybridized carbons (Fsp3) is 1.00. The number of ether oxygens (including phenoxy) is 1. The molecule has 0 rings (SSSR count). The monoisotopic (exact) mass is 191 g/mol. The summed E-state index contributed by atoms with van der Waals surface area (Å²) in [6, 6.07) is 2.40. The molecular weight excluding hydrogens is 170 g/mol. The van der Waals surface area contributed by atoms with Gasteiger partial charge >= 0.3 is 0 Å². The molecule has 0 amide bonds. The maximum absolute atomic E-state index is 5.69. The van der Waals surface area contributed by atoms with Gasteiger partial charge in [-0.1, -0.05) is 6.92 Å². The summed E-state index contributed by atoms with van der Waals surface area (Å²) in [6.07, 6.45) is 1.11. The average molecular weight is 191 g/mol. The van der Waals surface area contributed by atoms with Crippen molar-refractivity contribution < 1.29 is 9.16 Å². The van der Waals surface area contributed by atoms with Crippen molar-refractivity contribution in [1.29, 1.82) is 0 Å². The topological polar surface area (TPSA) is 44.5 Å². The molecule has 0 aromatic heterocycles. The van der Waals surface area contributed by atoms with Crippen LogP contribution < -0.4 is 5.73 Å². The van der Waals surface area contributed by atoms with Crippen molar-refractivity contribution in [2.45, 2.75) is 25.4 Å². The Labute approximate surface area is 77.0 Å². The molecule has 1 unspecified atom stereocenters. The molecular formula is C8H21NO2Si. The smallest absolute Gasteiger partial charge is 0.176 e. The number of methoxy groups -OCH3 is 1. The van der Waals surface area contributed by atoms with Crippen LogP contribution in [-0.2, 0) is 9.16 Å². The predicted octanol–water partition coefficient (Wildman–Crippen LogP) is 0.742. The van der Waals surface area contributed by atoms with Gasteiger partial charge in [0.2, 0.25) is 0 Å². The molecule has 0 bridgehead atoms. The van der Waals surface area contributed by atoms with Crippen LogP contribution >= 0.6 is 0 Å².